The van der Waals surface area contributed by atoms with Gasteiger partial charge in [0.25, 0.3) is 0 Å². The number of hydrogen-bond donors (Lipinski definition) is 2. The van der Waals surface area contributed by atoms with Crippen LogP contribution in [0, 0.1) is 0 Å². The third kappa shape index (κ3) is 4.55. The summed E-state index contributed by atoms with van der Waals surface area (Å²) in [5.41, 5.74) is 4.83. The van der Waals surface area contributed by atoms with Crippen molar-refractivity contribution < 1.29 is 9.53 Å². The number of nitrogens with two attached hydrogens (primary N) is 1. The lowest BCUT2D eigenvalue weighted by Gasteiger charge is -2.27. The number of nitrogens with one attached hydrogen (secondary N) is 1. The van der Waals surface area contributed by atoms with Crippen molar-refractivity contribution >= 4 is 5.91 Å². The van der Waals surface area contributed by atoms with Gasteiger partial charge >= 0.3 is 0 Å². The third-order valence-corrected chi connectivity index (χ3v) is 3.86. The minimum atomic E-state index is -0.587. The molecule has 5 heteroatoms. The van der Waals surface area contributed by atoms with Crippen molar-refractivity contribution in [2.75, 3.05) is 33.9 Å². The Morgan fingerprint density at radius 2 is 2.17 bits per heavy atom. The molecule has 5 nitrogen and oxygen atoms in total. The molecule has 1 unspecified atom stereocenters. The van der Waals surface area contributed by atoms with Gasteiger partial charge in [-0.25, -0.2) is 0 Å². The van der Waals surface area contributed by atoms with Crippen molar-refractivity contribution in [2.45, 2.75) is 44.2 Å². The van der Waals surface area contributed by atoms with E-state index in [-0.39, 0.29) is 5.91 Å². The molecule has 1 aliphatic rings. The summed E-state index contributed by atoms with van der Waals surface area (Å²) in [5.74, 6) is -0.278. The van der Waals surface area contributed by atoms with Crippen molar-refractivity contribution in [3.63, 3.8) is 0 Å². The molecule has 0 aliphatic heterocycles. The molecular weight excluding hydrogens is 230 g/mol. The third-order valence-electron chi connectivity index (χ3n) is 3.86. The first-order valence-electron chi connectivity index (χ1n) is 6.75. The maximum Gasteiger partial charge on any atom is 0.237 e. The fourth-order valence-corrected chi connectivity index (χ4v) is 2.13. The first kappa shape index (κ1) is 15.4. The van der Waals surface area contributed by atoms with Crippen LogP contribution < -0.4 is 11.1 Å². The van der Waals surface area contributed by atoms with Gasteiger partial charge in [0.05, 0.1) is 12.1 Å². The van der Waals surface area contributed by atoms with Crippen LogP contribution in [0.4, 0.5) is 0 Å². The Kier molecular flexibility index (Phi) is 6.05. The van der Waals surface area contributed by atoms with Crippen molar-refractivity contribution in [1.82, 2.24) is 10.2 Å². The van der Waals surface area contributed by atoms with Gasteiger partial charge in [-0.05, 0) is 46.2 Å². The van der Waals surface area contributed by atoms with Crippen molar-refractivity contribution in [3.05, 3.63) is 0 Å². The van der Waals surface area contributed by atoms with Crippen LogP contribution >= 0.6 is 0 Å². The van der Waals surface area contributed by atoms with Gasteiger partial charge in [0.2, 0.25) is 5.91 Å². The number of amides is 1. The minimum absolute atomic E-state index is 0.278. The minimum Gasteiger partial charge on any atom is -0.383 e. The molecule has 1 aliphatic carbocycles. The van der Waals surface area contributed by atoms with Gasteiger partial charge < -0.3 is 15.8 Å². The summed E-state index contributed by atoms with van der Waals surface area (Å²) < 4.78 is 5.13. The van der Waals surface area contributed by atoms with Gasteiger partial charge in [0, 0.05) is 19.7 Å². The van der Waals surface area contributed by atoms with Crippen LogP contribution in [0.25, 0.3) is 0 Å². The van der Waals surface area contributed by atoms with E-state index in [4.69, 9.17) is 10.5 Å². The molecule has 0 aromatic carbocycles. The summed E-state index contributed by atoms with van der Waals surface area (Å²) >= 11 is 0. The van der Waals surface area contributed by atoms with E-state index in [1.807, 2.05) is 6.92 Å². The number of carbonyl (C=O) groups is 1. The highest BCUT2D eigenvalue weighted by molar-refractivity contribution is 5.84. The molecule has 1 atom stereocenters. The molecule has 1 amide bonds. The summed E-state index contributed by atoms with van der Waals surface area (Å²) in [5, 5.41) is 3.02. The maximum absolute atomic E-state index is 11.4. The number of rotatable bonds is 10. The number of nitrogens with zero attached hydrogens (tertiary/aromatic N) is 1. The predicted molar refractivity (Wildman–Crippen MR) is 72.4 cm³/mol. The predicted octanol–water partition coefficient (Wildman–Crippen LogP) is 0.341. The summed E-state index contributed by atoms with van der Waals surface area (Å²) in [7, 11) is 3.52. The Morgan fingerprint density at radius 1 is 1.50 bits per heavy atom. The number of ether oxygens (including phenoxy) is 1. The molecule has 106 valence electrons. The van der Waals surface area contributed by atoms with Gasteiger partial charge in [-0.1, -0.05) is 0 Å². The molecule has 1 fully saturated rings. The van der Waals surface area contributed by atoms with Crippen molar-refractivity contribution in [1.29, 1.82) is 0 Å². The van der Waals surface area contributed by atoms with Crippen LogP contribution in [0.1, 0.15) is 32.6 Å². The van der Waals surface area contributed by atoms with Crippen LogP contribution in [0.3, 0.4) is 0 Å². The number of carbonyl (C=O) groups excluding carboxylic acids is 1. The second kappa shape index (κ2) is 7.07. The number of primary amides is 1. The normalized spacial score (nSPS) is 18.9. The van der Waals surface area contributed by atoms with E-state index in [0.29, 0.717) is 0 Å². The first-order chi connectivity index (χ1) is 8.53. The molecule has 0 saturated heterocycles. The lowest BCUT2D eigenvalue weighted by molar-refractivity contribution is -0.123. The molecule has 1 saturated carbocycles. The van der Waals surface area contributed by atoms with Crippen LogP contribution in [0.15, 0.2) is 0 Å². The Balaban J connectivity index is 2.31. The topological polar surface area (TPSA) is 67.6 Å². The Labute approximate surface area is 110 Å². The van der Waals surface area contributed by atoms with Crippen molar-refractivity contribution in [2.24, 2.45) is 5.73 Å². The van der Waals surface area contributed by atoms with Gasteiger partial charge in [0.1, 0.15) is 0 Å². The SMILES string of the molecule is CNC(C)(CCCN(CCOC)C1CC1)C(N)=O. The number of hydrogen-bond acceptors (Lipinski definition) is 4. The van der Waals surface area contributed by atoms with Crippen LogP contribution in [-0.2, 0) is 9.53 Å². The van der Waals surface area contributed by atoms with Gasteiger partial charge in [-0.3, -0.25) is 9.69 Å². The highest BCUT2D eigenvalue weighted by Gasteiger charge is 2.31. The summed E-state index contributed by atoms with van der Waals surface area (Å²) in [6.45, 7) is 4.63. The second-order valence-corrected chi connectivity index (χ2v) is 5.31. The molecule has 3 N–H and O–H groups in total. The molecule has 0 aromatic heterocycles. The molecule has 0 heterocycles. The monoisotopic (exact) mass is 257 g/mol. The van der Waals surface area contributed by atoms with Crippen LogP contribution in [0.2, 0.25) is 0 Å². The zero-order valence-electron chi connectivity index (χ0n) is 11.9. The van der Waals surface area contributed by atoms with Crippen LogP contribution in [0.5, 0.6) is 0 Å². The molecule has 18 heavy (non-hydrogen) atoms. The lowest BCUT2D eigenvalue weighted by Crippen LogP contribution is -2.51. The molecule has 0 radical (unpaired) electrons. The smallest absolute Gasteiger partial charge is 0.237 e. The summed E-state index contributed by atoms with van der Waals surface area (Å²) in [6.07, 6.45) is 4.33. The fourth-order valence-electron chi connectivity index (χ4n) is 2.13. The Morgan fingerprint density at radius 3 is 2.61 bits per heavy atom. The summed E-state index contributed by atoms with van der Waals surface area (Å²) in [4.78, 5) is 13.8. The maximum atomic E-state index is 11.4. The second-order valence-electron chi connectivity index (χ2n) is 5.31. The fraction of sp³-hybridized carbons (Fsp3) is 0.923. The lowest BCUT2D eigenvalue weighted by atomic mass is 9.95. The quantitative estimate of drug-likeness (QED) is 0.592. The number of likely N-dealkylation sites (N-methyl/N-ethyl adjacent to an activating group) is 1. The highest BCUT2D eigenvalue weighted by atomic mass is 16.5. The average molecular weight is 257 g/mol. The van der Waals surface area contributed by atoms with Gasteiger partial charge in [0.15, 0.2) is 0 Å². The Hall–Kier alpha value is -0.650. The van der Waals surface area contributed by atoms with Gasteiger partial charge in [-0.2, -0.15) is 0 Å². The molecular formula is C13H27N3O2. The van der Waals surface area contributed by atoms with E-state index < -0.39 is 5.54 Å². The van der Waals surface area contributed by atoms with E-state index in [2.05, 4.69) is 10.2 Å². The molecule has 0 aromatic rings. The van der Waals surface area contributed by atoms with Gasteiger partial charge in [-0.15, -0.1) is 0 Å². The number of methoxy groups -OCH3 is 1. The first-order valence-corrected chi connectivity index (χ1v) is 6.75. The van der Waals surface area contributed by atoms with E-state index in [9.17, 15) is 4.79 Å². The van der Waals surface area contributed by atoms with E-state index >= 15 is 0 Å². The van der Waals surface area contributed by atoms with Crippen LogP contribution in [-0.4, -0.2) is 56.2 Å². The zero-order chi connectivity index (χ0) is 13.6. The zero-order valence-corrected chi connectivity index (χ0v) is 11.9. The molecule has 1 rings (SSSR count). The standard InChI is InChI=1S/C13H27N3O2/c1-13(15-2,12(14)17)7-4-8-16(9-10-18-3)11-5-6-11/h11,15H,4-10H2,1-3H3,(H2,14,17). The average Bonchev–Trinajstić information content (AvgIpc) is 3.17. The van der Waals surface area contributed by atoms with Crippen molar-refractivity contribution in [3.8, 4) is 0 Å². The molecule has 0 bridgehead atoms. The Bertz CT molecular complexity index is 269. The highest BCUT2D eigenvalue weighted by Crippen LogP contribution is 2.27. The van der Waals surface area contributed by atoms with E-state index in [1.165, 1.54) is 12.8 Å². The van der Waals surface area contributed by atoms with E-state index in [1.54, 1.807) is 14.2 Å². The van der Waals surface area contributed by atoms with E-state index in [0.717, 1.165) is 38.6 Å². The summed E-state index contributed by atoms with van der Waals surface area (Å²) in [6, 6.07) is 0.731. The largest absolute Gasteiger partial charge is 0.383 e. The molecule has 0 spiro atoms.